The molecule has 0 saturated heterocycles. The molecule has 0 spiro atoms. The molecule has 1 aromatic heterocycles. The SMILES string of the molecule is Cc1cc(-c2nc(-c3ccc4c(c3)CCCC4N(C)C3CC(C(=O)O)C3)no2)ccc1-c1ccccc1. The molecule has 6 rings (SSSR count). The van der Waals surface area contributed by atoms with E-state index in [0.29, 0.717) is 23.8 Å². The topological polar surface area (TPSA) is 79.5 Å². The summed E-state index contributed by atoms with van der Waals surface area (Å²) in [5.74, 6) is 0.260. The molecule has 6 nitrogen and oxygen atoms in total. The van der Waals surface area contributed by atoms with Gasteiger partial charge in [-0.05, 0) is 92.1 Å². The van der Waals surface area contributed by atoms with Gasteiger partial charge in [-0.3, -0.25) is 9.69 Å². The van der Waals surface area contributed by atoms with E-state index in [9.17, 15) is 9.90 Å². The van der Waals surface area contributed by atoms with Crippen molar-refractivity contribution < 1.29 is 14.4 Å². The minimum absolute atomic E-state index is 0.191. The number of rotatable bonds is 6. The quantitative estimate of drug-likeness (QED) is 0.328. The summed E-state index contributed by atoms with van der Waals surface area (Å²) < 4.78 is 5.67. The van der Waals surface area contributed by atoms with Gasteiger partial charge in [0.05, 0.1) is 5.92 Å². The van der Waals surface area contributed by atoms with E-state index in [1.165, 1.54) is 22.3 Å². The second kappa shape index (κ2) is 9.60. The van der Waals surface area contributed by atoms with E-state index < -0.39 is 5.97 Å². The summed E-state index contributed by atoms with van der Waals surface area (Å²) in [6.45, 7) is 2.10. The molecular weight excluding hydrogens is 462 g/mol. The highest BCUT2D eigenvalue weighted by Crippen LogP contribution is 2.41. The highest BCUT2D eigenvalue weighted by atomic mass is 16.5. The standard InChI is InChI=1S/C31H31N3O3/c1-19-15-23(12-13-26(19)20-7-4-3-5-8-20)30-32-29(33-37-30)22-11-14-27-21(16-22)9-6-10-28(27)34(2)25-17-24(18-25)31(35)36/h3-5,7-8,11-16,24-25,28H,6,9-10,17-18H2,1-2H3,(H,35,36). The molecule has 1 saturated carbocycles. The molecule has 4 aromatic rings. The lowest BCUT2D eigenvalue weighted by Gasteiger charge is -2.44. The Labute approximate surface area is 217 Å². The Balaban J connectivity index is 1.21. The number of nitrogens with zero attached hydrogens (tertiary/aromatic N) is 3. The lowest BCUT2D eigenvalue weighted by Crippen LogP contribution is -2.47. The summed E-state index contributed by atoms with van der Waals surface area (Å²) in [6, 6.07) is 23.8. The number of carbonyl (C=O) groups is 1. The number of benzene rings is 3. The van der Waals surface area contributed by atoms with Crippen LogP contribution in [-0.2, 0) is 11.2 Å². The molecule has 1 N–H and O–H groups in total. The zero-order valence-electron chi connectivity index (χ0n) is 21.2. The molecule has 3 aromatic carbocycles. The Morgan fingerprint density at radius 2 is 1.78 bits per heavy atom. The number of carboxylic acids is 1. The van der Waals surface area contributed by atoms with Gasteiger partial charge in [0, 0.05) is 23.2 Å². The largest absolute Gasteiger partial charge is 0.481 e. The molecule has 1 fully saturated rings. The predicted molar refractivity (Wildman–Crippen MR) is 143 cm³/mol. The Kier molecular flexibility index (Phi) is 6.13. The lowest BCUT2D eigenvalue weighted by molar-refractivity contribution is -0.147. The highest BCUT2D eigenvalue weighted by molar-refractivity contribution is 5.72. The molecule has 1 unspecified atom stereocenters. The van der Waals surface area contributed by atoms with Gasteiger partial charge in [0.15, 0.2) is 0 Å². The molecule has 0 bridgehead atoms. The van der Waals surface area contributed by atoms with Gasteiger partial charge in [-0.1, -0.05) is 53.7 Å². The van der Waals surface area contributed by atoms with E-state index in [1.54, 1.807) is 0 Å². The van der Waals surface area contributed by atoms with E-state index in [4.69, 9.17) is 9.51 Å². The van der Waals surface area contributed by atoms with Crippen LogP contribution >= 0.6 is 0 Å². The van der Waals surface area contributed by atoms with Crippen LogP contribution in [0.4, 0.5) is 0 Å². The Bertz CT molecular complexity index is 1440. The second-order valence-electron chi connectivity index (χ2n) is 10.5. The minimum atomic E-state index is -0.667. The number of aryl methyl sites for hydroxylation is 2. The number of hydrogen-bond donors (Lipinski definition) is 1. The van der Waals surface area contributed by atoms with Crippen molar-refractivity contribution in [2.24, 2.45) is 5.92 Å². The third-order valence-corrected chi connectivity index (χ3v) is 8.20. The van der Waals surface area contributed by atoms with Crippen molar-refractivity contribution in [3.63, 3.8) is 0 Å². The monoisotopic (exact) mass is 493 g/mol. The van der Waals surface area contributed by atoms with E-state index in [0.717, 1.165) is 48.8 Å². The highest BCUT2D eigenvalue weighted by Gasteiger charge is 2.39. The van der Waals surface area contributed by atoms with Crippen molar-refractivity contribution in [3.05, 3.63) is 83.4 Å². The Morgan fingerprint density at radius 1 is 1.00 bits per heavy atom. The summed E-state index contributed by atoms with van der Waals surface area (Å²) in [5, 5.41) is 13.5. The molecule has 2 aliphatic carbocycles. The summed E-state index contributed by atoms with van der Waals surface area (Å²) >= 11 is 0. The van der Waals surface area contributed by atoms with Crippen LogP contribution in [0.5, 0.6) is 0 Å². The van der Waals surface area contributed by atoms with Crippen LogP contribution in [0.2, 0.25) is 0 Å². The molecule has 6 heteroatoms. The van der Waals surface area contributed by atoms with Crippen LogP contribution in [-0.4, -0.2) is 39.2 Å². The van der Waals surface area contributed by atoms with Crippen molar-refractivity contribution in [2.45, 2.75) is 51.1 Å². The first-order chi connectivity index (χ1) is 18.0. The molecule has 0 aliphatic heterocycles. The first kappa shape index (κ1) is 23.6. The van der Waals surface area contributed by atoms with Crippen LogP contribution < -0.4 is 0 Å². The van der Waals surface area contributed by atoms with Crippen molar-refractivity contribution in [1.82, 2.24) is 15.0 Å². The molecule has 0 radical (unpaired) electrons. The maximum atomic E-state index is 11.2. The van der Waals surface area contributed by atoms with Gasteiger partial charge >= 0.3 is 5.97 Å². The van der Waals surface area contributed by atoms with Crippen LogP contribution in [0.15, 0.2) is 71.3 Å². The molecule has 1 heterocycles. The predicted octanol–water partition coefficient (Wildman–Crippen LogP) is 6.55. The zero-order chi connectivity index (χ0) is 25.5. The van der Waals surface area contributed by atoms with Crippen LogP contribution in [0.1, 0.15) is 48.4 Å². The molecule has 188 valence electrons. The first-order valence-corrected chi connectivity index (χ1v) is 13.1. The summed E-state index contributed by atoms with van der Waals surface area (Å²) in [7, 11) is 2.15. The second-order valence-corrected chi connectivity index (χ2v) is 10.5. The average molecular weight is 494 g/mol. The maximum Gasteiger partial charge on any atom is 0.306 e. The van der Waals surface area contributed by atoms with E-state index in [2.05, 4.69) is 66.5 Å². The summed E-state index contributed by atoms with van der Waals surface area (Å²) in [5.41, 5.74) is 8.08. The van der Waals surface area contributed by atoms with E-state index in [1.807, 2.05) is 24.3 Å². The molecule has 1 atom stereocenters. The fraction of sp³-hybridized carbons (Fsp3) is 0.323. The summed E-state index contributed by atoms with van der Waals surface area (Å²) in [6.07, 6.45) is 4.73. The number of aliphatic carboxylic acids is 1. The van der Waals surface area contributed by atoms with Crippen molar-refractivity contribution >= 4 is 5.97 Å². The number of hydrogen-bond acceptors (Lipinski definition) is 5. The fourth-order valence-corrected chi connectivity index (χ4v) is 5.92. The lowest BCUT2D eigenvalue weighted by atomic mass is 9.77. The van der Waals surface area contributed by atoms with Gasteiger partial charge in [0.2, 0.25) is 5.82 Å². The number of fused-ring (bicyclic) bond motifs is 1. The van der Waals surface area contributed by atoms with Gasteiger partial charge in [-0.15, -0.1) is 0 Å². The fourth-order valence-electron chi connectivity index (χ4n) is 5.92. The van der Waals surface area contributed by atoms with E-state index >= 15 is 0 Å². The van der Waals surface area contributed by atoms with Crippen molar-refractivity contribution in [1.29, 1.82) is 0 Å². The van der Waals surface area contributed by atoms with Crippen LogP contribution in [0.25, 0.3) is 34.0 Å². The van der Waals surface area contributed by atoms with Crippen LogP contribution in [0.3, 0.4) is 0 Å². The Morgan fingerprint density at radius 3 is 2.54 bits per heavy atom. The number of aromatic nitrogens is 2. The normalized spacial score (nSPS) is 20.9. The zero-order valence-corrected chi connectivity index (χ0v) is 21.2. The molecular formula is C31H31N3O3. The third-order valence-electron chi connectivity index (χ3n) is 8.20. The third kappa shape index (κ3) is 4.46. The molecule has 37 heavy (non-hydrogen) atoms. The van der Waals surface area contributed by atoms with Gasteiger partial charge in [0.25, 0.3) is 5.89 Å². The summed E-state index contributed by atoms with van der Waals surface area (Å²) in [4.78, 5) is 18.4. The minimum Gasteiger partial charge on any atom is -0.481 e. The smallest absolute Gasteiger partial charge is 0.306 e. The van der Waals surface area contributed by atoms with Crippen LogP contribution in [0, 0.1) is 12.8 Å². The van der Waals surface area contributed by atoms with Gasteiger partial charge in [-0.2, -0.15) is 4.98 Å². The van der Waals surface area contributed by atoms with Gasteiger partial charge in [-0.25, -0.2) is 0 Å². The number of carboxylic acid groups (broad SMARTS) is 1. The first-order valence-electron chi connectivity index (χ1n) is 13.1. The van der Waals surface area contributed by atoms with Gasteiger partial charge < -0.3 is 9.63 Å². The van der Waals surface area contributed by atoms with Crippen molar-refractivity contribution in [2.75, 3.05) is 7.05 Å². The van der Waals surface area contributed by atoms with Gasteiger partial charge in [0.1, 0.15) is 0 Å². The molecule has 0 amide bonds. The average Bonchev–Trinajstić information content (AvgIpc) is 3.38. The van der Waals surface area contributed by atoms with E-state index in [-0.39, 0.29) is 5.92 Å². The Hall–Kier alpha value is -3.77. The maximum absolute atomic E-state index is 11.2. The molecule has 2 aliphatic rings. The van der Waals surface area contributed by atoms with Crippen molar-refractivity contribution in [3.8, 4) is 34.0 Å².